The Kier molecular flexibility index (Phi) is 5.42. The molecule has 0 radical (unpaired) electrons. The lowest BCUT2D eigenvalue weighted by atomic mass is 10.2. The number of hydrogen-bond donors (Lipinski definition) is 2. The number of aryl methyl sites for hydroxylation is 3. The summed E-state index contributed by atoms with van der Waals surface area (Å²) in [6, 6.07) is 4.85. The monoisotopic (exact) mass is 490 g/mol. The Hall–Kier alpha value is -2.30. The number of aromatic nitrogens is 6. The summed E-state index contributed by atoms with van der Waals surface area (Å²) in [6.07, 6.45) is 6.78. The number of pyridine rings is 1. The highest BCUT2D eigenvalue weighted by molar-refractivity contribution is 14.1. The molecule has 8 nitrogen and oxygen atoms in total. The van der Waals surface area contributed by atoms with Crippen molar-refractivity contribution in [3.8, 4) is 5.69 Å². The first-order valence-corrected chi connectivity index (χ1v) is 10.4. The van der Waals surface area contributed by atoms with Crippen LogP contribution in [0.3, 0.4) is 0 Å². The first-order valence-electron chi connectivity index (χ1n) is 9.37. The molecule has 1 aliphatic rings. The van der Waals surface area contributed by atoms with Crippen LogP contribution in [-0.4, -0.2) is 41.8 Å². The molecule has 3 aromatic rings. The number of anilines is 2. The fourth-order valence-corrected chi connectivity index (χ4v) is 4.33. The highest BCUT2D eigenvalue weighted by atomic mass is 127. The summed E-state index contributed by atoms with van der Waals surface area (Å²) >= 11 is 2.33. The van der Waals surface area contributed by atoms with Gasteiger partial charge < -0.3 is 10.6 Å². The standard InChI is InChI=1S/C19H23IN8/c1-11-9-22-19(27-26-11)25-15-5-4-14(8-15)24-17-7-6-16(10-21-17)28-13(3)23-12(2)18(28)20/h6-7,9-10,14-15H,4-5,8H2,1-3H3,(H,21,24)(H,22,25,27)/t14-,15-/m0/s1. The number of rotatable bonds is 5. The first-order chi connectivity index (χ1) is 13.5. The number of halogens is 1. The van der Waals surface area contributed by atoms with E-state index in [0.29, 0.717) is 18.0 Å². The molecule has 0 saturated heterocycles. The van der Waals surface area contributed by atoms with Gasteiger partial charge in [-0.3, -0.25) is 4.57 Å². The molecule has 4 rings (SSSR count). The molecule has 0 spiro atoms. The minimum atomic E-state index is 0.347. The Labute approximate surface area is 177 Å². The highest BCUT2D eigenvalue weighted by Crippen LogP contribution is 2.25. The Morgan fingerprint density at radius 1 is 1.00 bits per heavy atom. The second kappa shape index (κ2) is 7.98. The summed E-state index contributed by atoms with van der Waals surface area (Å²) in [4.78, 5) is 13.4. The average molecular weight is 490 g/mol. The smallest absolute Gasteiger partial charge is 0.242 e. The molecule has 3 aromatic heterocycles. The Morgan fingerprint density at radius 3 is 2.39 bits per heavy atom. The van der Waals surface area contributed by atoms with E-state index in [1.54, 1.807) is 6.20 Å². The zero-order valence-electron chi connectivity index (χ0n) is 16.1. The molecule has 1 saturated carbocycles. The van der Waals surface area contributed by atoms with E-state index in [-0.39, 0.29) is 0 Å². The minimum absolute atomic E-state index is 0.347. The lowest BCUT2D eigenvalue weighted by Crippen LogP contribution is -2.22. The zero-order valence-corrected chi connectivity index (χ0v) is 18.3. The Balaban J connectivity index is 1.37. The van der Waals surface area contributed by atoms with Crippen molar-refractivity contribution in [1.82, 2.24) is 29.7 Å². The van der Waals surface area contributed by atoms with Gasteiger partial charge in [-0.2, -0.15) is 5.10 Å². The van der Waals surface area contributed by atoms with Crippen LogP contribution in [0.4, 0.5) is 11.8 Å². The molecule has 0 bridgehead atoms. The van der Waals surface area contributed by atoms with Crippen LogP contribution in [0.2, 0.25) is 0 Å². The molecule has 2 atom stereocenters. The van der Waals surface area contributed by atoms with E-state index in [2.05, 4.69) is 69.0 Å². The highest BCUT2D eigenvalue weighted by Gasteiger charge is 2.25. The lowest BCUT2D eigenvalue weighted by Gasteiger charge is -2.15. The Bertz CT molecular complexity index is 951. The van der Waals surface area contributed by atoms with Crippen molar-refractivity contribution in [3.63, 3.8) is 0 Å². The summed E-state index contributed by atoms with van der Waals surface area (Å²) in [6.45, 7) is 5.92. The van der Waals surface area contributed by atoms with Crippen LogP contribution in [0.15, 0.2) is 24.5 Å². The van der Waals surface area contributed by atoms with Crippen LogP contribution in [0.25, 0.3) is 5.69 Å². The summed E-state index contributed by atoms with van der Waals surface area (Å²) in [5.41, 5.74) is 2.89. The van der Waals surface area contributed by atoms with Gasteiger partial charge in [-0.15, -0.1) is 5.10 Å². The molecule has 2 N–H and O–H groups in total. The van der Waals surface area contributed by atoms with Crippen LogP contribution in [0.5, 0.6) is 0 Å². The van der Waals surface area contributed by atoms with Gasteiger partial charge in [-0.1, -0.05) is 0 Å². The van der Waals surface area contributed by atoms with E-state index in [1.807, 2.05) is 33.0 Å². The van der Waals surface area contributed by atoms with Crippen molar-refractivity contribution in [2.45, 2.75) is 52.1 Å². The number of nitrogens with zero attached hydrogens (tertiary/aromatic N) is 6. The van der Waals surface area contributed by atoms with E-state index in [4.69, 9.17) is 0 Å². The molecule has 0 amide bonds. The summed E-state index contributed by atoms with van der Waals surface area (Å²) < 4.78 is 3.24. The van der Waals surface area contributed by atoms with Crippen molar-refractivity contribution < 1.29 is 0 Å². The maximum absolute atomic E-state index is 4.61. The van der Waals surface area contributed by atoms with Crippen molar-refractivity contribution in [2.75, 3.05) is 10.6 Å². The molecular formula is C19H23IN8. The second-order valence-corrected chi connectivity index (χ2v) is 8.21. The predicted molar refractivity (Wildman–Crippen MR) is 117 cm³/mol. The molecule has 1 fully saturated rings. The van der Waals surface area contributed by atoms with Gasteiger partial charge in [0.05, 0.1) is 29.5 Å². The Morgan fingerprint density at radius 2 is 1.79 bits per heavy atom. The van der Waals surface area contributed by atoms with Crippen LogP contribution >= 0.6 is 22.6 Å². The number of nitrogens with one attached hydrogen (secondary N) is 2. The molecule has 146 valence electrons. The van der Waals surface area contributed by atoms with Crippen molar-refractivity contribution in [2.24, 2.45) is 0 Å². The second-order valence-electron chi connectivity index (χ2n) is 7.19. The van der Waals surface area contributed by atoms with Gasteiger partial charge in [0, 0.05) is 12.1 Å². The third kappa shape index (κ3) is 4.08. The van der Waals surface area contributed by atoms with Crippen LogP contribution in [-0.2, 0) is 0 Å². The molecule has 0 aliphatic heterocycles. The van der Waals surface area contributed by atoms with Crippen molar-refractivity contribution in [1.29, 1.82) is 0 Å². The van der Waals surface area contributed by atoms with E-state index >= 15 is 0 Å². The fourth-order valence-electron chi connectivity index (χ4n) is 3.58. The number of hydrogen-bond acceptors (Lipinski definition) is 7. The van der Waals surface area contributed by atoms with Gasteiger partial charge in [-0.05, 0) is 74.8 Å². The van der Waals surface area contributed by atoms with E-state index in [1.165, 1.54) is 0 Å². The van der Waals surface area contributed by atoms with Crippen molar-refractivity contribution in [3.05, 3.63) is 45.4 Å². The molecule has 9 heteroatoms. The van der Waals surface area contributed by atoms with Gasteiger partial charge in [0.25, 0.3) is 0 Å². The minimum Gasteiger partial charge on any atom is -0.367 e. The van der Waals surface area contributed by atoms with Crippen LogP contribution in [0, 0.1) is 24.5 Å². The van der Waals surface area contributed by atoms with Crippen LogP contribution in [0.1, 0.15) is 36.5 Å². The quantitative estimate of drug-likeness (QED) is 0.530. The van der Waals surface area contributed by atoms with Gasteiger partial charge in [0.1, 0.15) is 15.3 Å². The third-order valence-electron chi connectivity index (χ3n) is 4.95. The largest absolute Gasteiger partial charge is 0.367 e. The molecule has 1 aliphatic carbocycles. The maximum atomic E-state index is 4.61. The third-order valence-corrected chi connectivity index (χ3v) is 6.21. The number of imidazole rings is 1. The van der Waals surface area contributed by atoms with E-state index in [0.717, 1.165) is 51.7 Å². The first kappa shape index (κ1) is 19.0. The van der Waals surface area contributed by atoms with Gasteiger partial charge in [0.2, 0.25) is 5.95 Å². The van der Waals surface area contributed by atoms with Gasteiger partial charge in [-0.25, -0.2) is 15.0 Å². The summed E-state index contributed by atoms with van der Waals surface area (Å²) in [5, 5.41) is 15.1. The van der Waals surface area contributed by atoms with E-state index < -0.39 is 0 Å². The normalized spacial score (nSPS) is 19.0. The maximum Gasteiger partial charge on any atom is 0.242 e. The van der Waals surface area contributed by atoms with Crippen molar-refractivity contribution >= 4 is 34.4 Å². The lowest BCUT2D eigenvalue weighted by molar-refractivity contribution is 0.712. The predicted octanol–water partition coefficient (Wildman–Crippen LogP) is 3.43. The molecule has 0 unspecified atom stereocenters. The van der Waals surface area contributed by atoms with E-state index in [9.17, 15) is 0 Å². The molecular weight excluding hydrogens is 467 g/mol. The fraction of sp³-hybridized carbons (Fsp3) is 0.421. The van der Waals surface area contributed by atoms with Crippen LogP contribution < -0.4 is 10.6 Å². The molecule has 3 heterocycles. The summed E-state index contributed by atoms with van der Waals surface area (Å²) in [7, 11) is 0. The van der Waals surface area contributed by atoms with Gasteiger partial charge >= 0.3 is 0 Å². The average Bonchev–Trinajstić information content (AvgIpc) is 3.21. The van der Waals surface area contributed by atoms with Gasteiger partial charge in [0.15, 0.2) is 0 Å². The molecule has 0 aromatic carbocycles. The molecule has 28 heavy (non-hydrogen) atoms. The SMILES string of the molecule is Cc1cnc(N[C@H]2CC[C@H](Nc3ccc(-n4c(C)nc(C)c4I)cn3)C2)nn1. The topological polar surface area (TPSA) is 93.4 Å². The summed E-state index contributed by atoms with van der Waals surface area (Å²) in [5.74, 6) is 2.47. The zero-order chi connectivity index (χ0) is 19.7.